The van der Waals surface area contributed by atoms with Gasteiger partial charge >= 0.3 is 0 Å². The zero-order valence-electron chi connectivity index (χ0n) is 8.62. The van der Waals surface area contributed by atoms with Gasteiger partial charge in [0.1, 0.15) is 6.10 Å². The SMILES string of the molecule is Cc1cnccc1C(O)c1cnnn1C. The first kappa shape index (κ1) is 9.79. The van der Waals surface area contributed by atoms with Crippen molar-refractivity contribution >= 4 is 0 Å². The fourth-order valence-corrected chi connectivity index (χ4v) is 1.50. The van der Waals surface area contributed by atoms with Crippen molar-refractivity contribution in [3.63, 3.8) is 0 Å². The van der Waals surface area contributed by atoms with Crippen molar-refractivity contribution in [3.05, 3.63) is 41.5 Å². The van der Waals surface area contributed by atoms with Crippen LogP contribution in [-0.4, -0.2) is 25.1 Å². The molecule has 15 heavy (non-hydrogen) atoms. The Morgan fingerprint density at radius 3 is 2.80 bits per heavy atom. The fourth-order valence-electron chi connectivity index (χ4n) is 1.50. The molecule has 1 unspecified atom stereocenters. The lowest BCUT2D eigenvalue weighted by atomic mass is 10.0. The predicted molar refractivity (Wildman–Crippen MR) is 54.0 cm³/mol. The van der Waals surface area contributed by atoms with Crippen molar-refractivity contribution in [2.75, 3.05) is 0 Å². The van der Waals surface area contributed by atoms with Gasteiger partial charge in [0.15, 0.2) is 0 Å². The van der Waals surface area contributed by atoms with Crippen LogP contribution in [0.15, 0.2) is 24.7 Å². The van der Waals surface area contributed by atoms with Crippen LogP contribution in [0, 0.1) is 6.92 Å². The number of aliphatic hydroxyl groups is 1. The number of aromatic nitrogens is 4. The summed E-state index contributed by atoms with van der Waals surface area (Å²) in [6.07, 6.45) is 4.25. The van der Waals surface area contributed by atoms with E-state index in [1.54, 1.807) is 36.4 Å². The van der Waals surface area contributed by atoms with E-state index in [9.17, 15) is 5.11 Å². The molecule has 0 radical (unpaired) electrons. The van der Waals surface area contributed by atoms with E-state index in [4.69, 9.17) is 0 Å². The molecule has 0 fully saturated rings. The van der Waals surface area contributed by atoms with Crippen LogP contribution in [0.25, 0.3) is 0 Å². The molecule has 0 amide bonds. The van der Waals surface area contributed by atoms with E-state index in [-0.39, 0.29) is 0 Å². The van der Waals surface area contributed by atoms with Crippen LogP contribution in [-0.2, 0) is 7.05 Å². The second kappa shape index (κ2) is 3.78. The van der Waals surface area contributed by atoms with Crippen LogP contribution < -0.4 is 0 Å². The molecule has 0 aliphatic heterocycles. The number of hydrogen-bond acceptors (Lipinski definition) is 4. The minimum Gasteiger partial charge on any atom is -0.382 e. The summed E-state index contributed by atoms with van der Waals surface area (Å²) >= 11 is 0. The normalized spacial score (nSPS) is 12.7. The third kappa shape index (κ3) is 1.73. The molecule has 0 bridgehead atoms. The Kier molecular flexibility index (Phi) is 2.47. The first-order chi connectivity index (χ1) is 7.20. The Labute approximate surface area is 87.4 Å². The number of nitrogens with zero attached hydrogens (tertiary/aromatic N) is 4. The Balaban J connectivity index is 2.41. The van der Waals surface area contributed by atoms with Crippen LogP contribution in [0.2, 0.25) is 0 Å². The third-order valence-electron chi connectivity index (χ3n) is 2.39. The lowest BCUT2D eigenvalue weighted by Gasteiger charge is -2.12. The quantitative estimate of drug-likeness (QED) is 0.778. The van der Waals surface area contributed by atoms with Gasteiger partial charge in [-0.2, -0.15) is 0 Å². The van der Waals surface area contributed by atoms with Crippen molar-refractivity contribution in [3.8, 4) is 0 Å². The summed E-state index contributed by atoms with van der Waals surface area (Å²) < 4.78 is 1.56. The van der Waals surface area contributed by atoms with E-state index < -0.39 is 6.10 Å². The third-order valence-corrected chi connectivity index (χ3v) is 2.39. The largest absolute Gasteiger partial charge is 0.382 e. The zero-order chi connectivity index (χ0) is 10.8. The van der Waals surface area contributed by atoms with Crippen LogP contribution in [0.5, 0.6) is 0 Å². The Hall–Kier alpha value is -1.75. The maximum Gasteiger partial charge on any atom is 0.123 e. The smallest absolute Gasteiger partial charge is 0.123 e. The molecule has 78 valence electrons. The zero-order valence-corrected chi connectivity index (χ0v) is 8.62. The minimum absolute atomic E-state index is 0.671. The lowest BCUT2D eigenvalue weighted by Crippen LogP contribution is -2.08. The minimum atomic E-state index is -0.701. The first-order valence-corrected chi connectivity index (χ1v) is 4.63. The van der Waals surface area contributed by atoms with E-state index in [2.05, 4.69) is 15.3 Å². The molecule has 2 aromatic heterocycles. The monoisotopic (exact) mass is 204 g/mol. The summed E-state index contributed by atoms with van der Waals surface area (Å²) in [6.45, 7) is 1.91. The molecule has 2 heterocycles. The van der Waals surface area contributed by atoms with Crippen LogP contribution in [0.3, 0.4) is 0 Å². The highest BCUT2D eigenvalue weighted by atomic mass is 16.3. The Bertz CT molecular complexity index is 466. The van der Waals surface area contributed by atoms with Gasteiger partial charge in [0.05, 0.1) is 11.9 Å². The molecule has 0 spiro atoms. The molecule has 1 N–H and O–H groups in total. The van der Waals surface area contributed by atoms with Gasteiger partial charge in [0.2, 0.25) is 0 Å². The van der Waals surface area contributed by atoms with Gasteiger partial charge in [0.25, 0.3) is 0 Å². The summed E-state index contributed by atoms with van der Waals surface area (Å²) in [5.74, 6) is 0. The van der Waals surface area contributed by atoms with E-state index in [1.165, 1.54) is 0 Å². The van der Waals surface area contributed by atoms with Gasteiger partial charge in [-0.25, -0.2) is 4.68 Å². The lowest BCUT2D eigenvalue weighted by molar-refractivity contribution is 0.209. The number of aliphatic hydroxyl groups excluding tert-OH is 1. The standard InChI is InChI=1S/C10H12N4O/c1-7-5-11-4-3-8(7)10(15)9-6-12-13-14(9)2/h3-6,10,15H,1-2H3. The highest BCUT2D eigenvalue weighted by molar-refractivity contribution is 5.29. The summed E-state index contributed by atoms with van der Waals surface area (Å²) in [7, 11) is 1.75. The fraction of sp³-hybridized carbons (Fsp3) is 0.300. The molecule has 2 aromatic rings. The topological polar surface area (TPSA) is 63.8 Å². The van der Waals surface area contributed by atoms with E-state index in [0.29, 0.717) is 5.69 Å². The van der Waals surface area contributed by atoms with Crippen molar-refractivity contribution in [2.45, 2.75) is 13.0 Å². The van der Waals surface area contributed by atoms with Gasteiger partial charge in [0, 0.05) is 19.4 Å². The average Bonchev–Trinajstić information content (AvgIpc) is 2.64. The second-order valence-corrected chi connectivity index (χ2v) is 3.42. The molecule has 0 saturated heterocycles. The summed E-state index contributed by atoms with van der Waals surface area (Å²) in [5, 5.41) is 17.6. The molecule has 2 rings (SSSR count). The summed E-state index contributed by atoms with van der Waals surface area (Å²) in [4.78, 5) is 3.98. The molecular formula is C10H12N4O. The highest BCUT2D eigenvalue weighted by Gasteiger charge is 2.16. The molecule has 1 atom stereocenters. The van der Waals surface area contributed by atoms with Gasteiger partial charge in [-0.15, -0.1) is 5.10 Å². The average molecular weight is 204 g/mol. The maximum atomic E-state index is 10.1. The number of pyridine rings is 1. The van der Waals surface area contributed by atoms with Gasteiger partial charge in [-0.3, -0.25) is 4.98 Å². The van der Waals surface area contributed by atoms with Crippen molar-refractivity contribution in [1.82, 2.24) is 20.0 Å². The molecule has 0 aliphatic rings. The van der Waals surface area contributed by atoms with Crippen molar-refractivity contribution in [2.24, 2.45) is 7.05 Å². The van der Waals surface area contributed by atoms with Gasteiger partial charge in [-0.05, 0) is 24.1 Å². The van der Waals surface area contributed by atoms with E-state index >= 15 is 0 Å². The molecule has 5 nitrogen and oxygen atoms in total. The summed E-state index contributed by atoms with van der Waals surface area (Å²) in [5.41, 5.74) is 2.45. The first-order valence-electron chi connectivity index (χ1n) is 4.63. The number of aryl methyl sites for hydroxylation is 2. The molecular weight excluding hydrogens is 192 g/mol. The molecule has 5 heteroatoms. The second-order valence-electron chi connectivity index (χ2n) is 3.42. The van der Waals surface area contributed by atoms with Gasteiger partial charge < -0.3 is 5.11 Å². The van der Waals surface area contributed by atoms with E-state index in [1.807, 2.05) is 6.92 Å². The highest BCUT2D eigenvalue weighted by Crippen LogP contribution is 2.22. The summed E-state index contributed by atoms with van der Waals surface area (Å²) in [6, 6.07) is 1.80. The van der Waals surface area contributed by atoms with Crippen LogP contribution in [0.1, 0.15) is 22.9 Å². The maximum absolute atomic E-state index is 10.1. The Morgan fingerprint density at radius 2 is 2.20 bits per heavy atom. The Morgan fingerprint density at radius 1 is 1.40 bits per heavy atom. The molecule has 0 aromatic carbocycles. The molecule has 0 saturated carbocycles. The van der Waals surface area contributed by atoms with Crippen LogP contribution in [0.4, 0.5) is 0 Å². The number of hydrogen-bond donors (Lipinski definition) is 1. The molecule has 0 aliphatic carbocycles. The van der Waals surface area contributed by atoms with Crippen molar-refractivity contribution in [1.29, 1.82) is 0 Å². The van der Waals surface area contributed by atoms with Crippen molar-refractivity contribution < 1.29 is 5.11 Å². The predicted octanol–water partition coefficient (Wildman–Crippen LogP) is 0.600. The van der Waals surface area contributed by atoms with E-state index in [0.717, 1.165) is 11.1 Å². The van der Waals surface area contributed by atoms with Gasteiger partial charge in [-0.1, -0.05) is 5.21 Å². The van der Waals surface area contributed by atoms with Crippen LogP contribution >= 0.6 is 0 Å². The number of rotatable bonds is 2.